The Balaban J connectivity index is 1.66. The number of carbonyl (C=O) groups excluding carboxylic acids is 1. The summed E-state index contributed by atoms with van der Waals surface area (Å²) in [6.45, 7) is 9.70. The number of morpholine rings is 1. The van der Waals surface area contributed by atoms with Crippen LogP contribution in [0.3, 0.4) is 0 Å². The van der Waals surface area contributed by atoms with Crippen molar-refractivity contribution in [1.82, 2.24) is 9.80 Å². The number of hydrogen-bond donors (Lipinski definition) is 0. The zero-order valence-electron chi connectivity index (χ0n) is 14.9. The number of amides is 1. The average molecular weight is 362 g/mol. The van der Waals surface area contributed by atoms with Crippen molar-refractivity contribution in [2.75, 3.05) is 32.8 Å². The summed E-state index contributed by atoms with van der Waals surface area (Å²) in [4.78, 5) is 17.1. The molecule has 0 spiro atoms. The van der Waals surface area contributed by atoms with Crippen molar-refractivity contribution in [2.45, 2.75) is 26.9 Å². The molecule has 6 heteroatoms. The molecule has 0 saturated carbocycles. The van der Waals surface area contributed by atoms with E-state index in [0.717, 1.165) is 45.2 Å². The molecule has 0 aliphatic carbocycles. The van der Waals surface area contributed by atoms with E-state index in [0.29, 0.717) is 18.0 Å². The second-order valence-corrected chi connectivity index (χ2v) is 7.68. The fourth-order valence-corrected chi connectivity index (χ4v) is 3.66. The highest BCUT2D eigenvalue weighted by molar-refractivity contribution is 7.07. The van der Waals surface area contributed by atoms with E-state index in [1.807, 2.05) is 16.3 Å². The van der Waals surface area contributed by atoms with Crippen molar-refractivity contribution in [2.24, 2.45) is 5.92 Å². The number of ether oxygens (including phenoxy) is 1. The second-order valence-electron chi connectivity index (χ2n) is 6.90. The Morgan fingerprint density at radius 2 is 2.16 bits per heavy atom. The maximum atomic E-state index is 12.9. The molecule has 1 aliphatic rings. The number of furan rings is 1. The lowest BCUT2D eigenvalue weighted by Gasteiger charge is -2.25. The van der Waals surface area contributed by atoms with Crippen molar-refractivity contribution in [3.05, 3.63) is 46.0 Å². The van der Waals surface area contributed by atoms with Crippen molar-refractivity contribution in [3.8, 4) is 0 Å². The lowest BCUT2D eigenvalue weighted by Crippen LogP contribution is -2.35. The highest BCUT2D eigenvalue weighted by Crippen LogP contribution is 2.17. The molecule has 0 radical (unpaired) electrons. The Hall–Kier alpha value is -1.63. The zero-order valence-corrected chi connectivity index (χ0v) is 15.8. The maximum Gasteiger partial charge on any atom is 0.257 e. The van der Waals surface area contributed by atoms with Crippen LogP contribution in [0.15, 0.2) is 33.6 Å². The molecule has 2 aromatic rings. The third kappa shape index (κ3) is 5.17. The van der Waals surface area contributed by atoms with Crippen LogP contribution >= 0.6 is 11.3 Å². The molecule has 1 fully saturated rings. The van der Waals surface area contributed by atoms with Gasteiger partial charge in [-0.25, -0.2) is 0 Å². The summed E-state index contributed by atoms with van der Waals surface area (Å²) >= 11 is 1.66. The van der Waals surface area contributed by atoms with Crippen LogP contribution in [-0.4, -0.2) is 48.6 Å². The molecule has 5 nitrogen and oxygen atoms in total. The smallest absolute Gasteiger partial charge is 0.257 e. The van der Waals surface area contributed by atoms with Gasteiger partial charge in [0.2, 0.25) is 0 Å². The Kier molecular flexibility index (Phi) is 6.29. The predicted molar refractivity (Wildman–Crippen MR) is 98.7 cm³/mol. The van der Waals surface area contributed by atoms with E-state index in [2.05, 4.69) is 30.2 Å². The van der Waals surface area contributed by atoms with Crippen LogP contribution in [0.4, 0.5) is 0 Å². The van der Waals surface area contributed by atoms with Crippen LogP contribution in [0.2, 0.25) is 0 Å². The Morgan fingerprint density at radius 1 is 1.36 bits per heavy atom. The number of rotatable bonds is 7. The topological polar surface area (TPSA) is 45.9 Å². The first-order valence-electron chi connectivity index (χ1n) is 8.79. The quantitative estimate of drug-likeness (QED) is 0.757. The lowest BCUT2D eigenvalue weighted by molar-refractivity contribution is 0.0313. The molecular formula is C19H26N2O3S. The van der Waals surface area contributed by atoms with Crippen molar-refractivity contribution in [1.29, 1.82) is 0 Å². The van der Waals surface area contributed by atoms with Crippen molar-refractivity contribution < 1.29 is 13.9 Å². The summed E-state index contributed by atoms with van der Waals surface area (Å²) in [6.07, 6.45) is 1.60. The minimum Gasteiger partial charge on any atom is -0.467 e. The van der Waals surface area contributed by atoms with Crippen LogP contribution in [0.25, 0.3) is 0 Å². The largest absolute Gasteiger partial charge is 0.467 e. The van der Waals surface area contributed by atoms with Gasteiger partial charge >= 0.3 is 0 Å². The van der Waals surface area contributed by atoms with Gasteiger partial charge in [0.1, 0.15) is 12.0 Å². The standard InChI is InChI=1S/C19H26N2O3S/c1-15(2)10-21(11-16-3-8-25-14-16)19(22)17-9-18(24-13-17)12-20-4-6-23-7-5-20/h3,8-9,13-15H,4-7,10-12H2,1-2H3. The second kappa shape index (κ2) is 8.65. The van der Waals surface area contributed by atoms with E-state index in [9.17, 15) is 4.79 Å². The van der Waals surface area contributed by atoms with Gasteiger partial charge in [-0.1, -0.05) is 13.8 Å². The Bertz CT molecular complexity index is 660. The number of carbonyl (C=O) groups is 1. The molecular weight excluding hydrogens is 336 g/mol. The van der Waals surface area contributed by atoms with Gasteiger partial charge in [0.15, 0.2) is 0 Å². The Labute approximate surface area is 153 Å². The van der Waals surface area contributed by atoms with Gasteiger partial charge in [0.25, 0.3) is 5.91 Å². The van der Waals surface area contributed by atoms with E-state index >= 15 is 0 Å². The fourth-order valence-electron chi connectivity index (χ4n) is 3.00. The zero-order chi connectivity index (χ0) is 17.6. The van der Waals surface area contributed by atoms with Gasteiger partial charge < -0.3 is 14.1 Å². The van der Waals surface area contributed by atoms with Gasteiger partial charge in [-0.3, -0.25) is 9.69 Å². The minimum absolute atomic E-state index is 0.0388. The van der Waals surface area contributed by atoms with Gasteiger partial charge in [0.05, 0.1) is 25.3 Å². The molecule has 3 rings (SSSR count). The first-order chi connectivity index (χ1) is 12.1. The summed E-state index contributed by atoms with van der Waals surface area (Å²) < 4.78 is 11.0. The number of thiophene rings is 1. The van der Waals surface area contributed by atoms with Crippen LogP contribution in [0, 0.1) is 5.92 Å². The fraction of sp³-hybridized carbons (Fsp3) is 0.526. The van der Waals surface area contributed by atoms with Gasteiger partial charge in [0, 0.05) is 26.2 Å². The average Bonchev–Trinajstić information content (AvgIpc) is 3.26. The molecule has 136 valence electrons. The third-order valence-corrected chi connectivity index (χ3v) is 4.94. The third-order valence-electron chi connectivity index (χ3n) is 4.21. The molecule has 0 aromatic carbocycles. The normalized spacial score (nSPS) is 15.6. The molecule has 1 aliphatic heterocycles. The van der Waals surface area contributed by atoms with Crippen LogP contribution in [-0.2, 0) is 17.8 Å². The van der Waals surface area contributed by atoms with E-state index in [1.165, 1.54) is 5.56 Å². The van der Waals surface area contributed by atoms with Crippen LogP contribution in [0.5, 0.6) is 0 Å². The highest BCUT2D eigenvalue weighted by atomic mass is 32.1. The molecule has 0 atom stereocenters. The summed E-state index contributed by atoms with van der Waals surface area (Å²) in [7, 11) is 0. The number of nitrogens with zero attached hydrogens (tertiary/aromatic N) is 2. The summed E-state index contributed by atoms with van der Waals surface area (Å²) in [5, 5.41) is 4.14. The molecule has 1 amide bonds. The first kappa shape index (κ1) is 18.2. The summed E-state index contributed by atoms with van der Waals surface area (Å²) in [5.41, 5.74) is 1.81. The van der Waals surface area contributed by atoms with E-state index in [-0.39, 0.29) is 5.91 Å². The number of hydrogen-bond acceptors (Lipinski definition) is 5. The molecule has 1 saturated heterocycles. The van der Waals surface area contributed by atoms with E-state index in [1.54, 1.807) is 17.6 Å². The van der Waals surface area contributed by atoms with E-state index < -0.39 is 0 Å². The molecule has 3 heterocycles. The highest BCUT2D eigenvalue weighted by Gasteiger charge is 2.21. The van der Waals surface area contributed by atoms with Crippen molar-refractivity contribution in [3.63, 3.8) is 0 Å². The maximum absolute atomic E-state index is 12.9. The van der Waals surface area contributed by atoms with Crippen LogP contribution < -0.4 is 0 Å². The predicted octanol–water partition coefficient (Wildman–Crippen LogP) is 3.47. The van der Waals surface area contributed by atoms with Crippen LogP contribution in [0.1, 0.15) is 35.5 Å². The molecule has 2 aromatic heterocycles. The summed E-state index contributed by atoms with van der Waals surface area (Å²) in [6, 6.07) is 3.96. The van der Waals surface area contributed by atoms with Gasteiger partial charge in [-0.15, -0.1) is 0 Å². The van der Waals surface area contributed by atoms with Crippen molar-refractivity contribution >= 4 is 17.2 Å². The minimum atomic E-state index is 0.0388. The molecule has 0 N–H and O–H groups in total. The Morgan fingerprint density at radius 3 is 2.84 bits per heavy atom. The molecule has 25 heavy (non-hydrogen) atoms. The molecule has 0 unspecified atom stereocenters. The van der Waals surface area contributed by atoms with E-state index in [4.69, 9.17) is 9.15 Å². The lowest BCUT2D eigenvalue weighted by atomic mass is 10.1. The SMILES string of the molecule is CC(C)CN(Cc1ccsc1)C(=O)c1coc(CN2CCOCC2)c1. The first-order valence-corrected chi connectivity index (χ1v) is 9.74. The monoisotopic (exact) mass is 362 g/mol. The molecule has 0 bridgehead atoms. The summed E-state index contributed by atoms with van der Waals surface area (Å²) in [5.74, 6) is 1.30. The van der Waals surface area contributed by atoms with Gasteiger partial charge in [-0.2, -0.15) is 11.3 Å². The van der Waals surface area contributed by atoms with Gasteiger partial charge in [-0.05, 0) is 34.4 Å².